The lowest BCUT2D eigenvalue weighted by Crippen LogP contribution is -2.11. The minimum absolute atomic E-state index is 0.660. The van der Waals surface area contributed by atoms with E-state index in [1.807, 2.05) is 12.3 Å². The van der Waals surface area contributed by atoms with Gasteiger partial charge in [-0.2, -0.15) is 0 Å². The summed E-state index contributed by atoms with van der Waals surface area (Å²) in [5.41, 5.74) is 8.27. The van der Waals surface area contributed by atoms with Crippen LogP contribution in [0.2, 0.25) is 0 Å². The van der Waals surface area contributed by atoms with E-state index in [1.165, 1.54) is 11.1 Å². The Morgan fingerprint density at radius 1 is 1.16 bits per heavy atom. The SMILES string of the molecule is NC1=NC=C(CCOCCCc2ccccc2)CS1. The van der Waals surface area contributed by atoms with Crippen LogP contribution in [0, 0.1) is 0 Å². The summed E-state index contributed by atoms with van der Waals surface area (Å²) < 4.78 is 5.66. The maximum atomic E-state index is 5.66. The first-order valence-corrected chi connectivity index (χ1v) is 7.59. The van der Waals surface area contributed by atoms with Crippen LogP contribution in [0.3, 0.4) is 0 Å². The number of ether oxygens (including phenoxy) is 1. The van der Waals surface area contributed by atoms with Crippen molar-refractivity contribution < 1.29 is 4.74 Å². The molecule has 1 aromatic carbocycles. The minimum Gasteiger partial charge on any atom is -0.381 e. The van der Waals surface area contributed by atoms with Gasteiger partial charge in [0, 0.05) is 18.6 Å². The van der Waals surface area contributed by atoms with Gasteiger partial charge in [0.05, 0.1) is 6.61 Å². The van der Waals surface area contributed by atoms with E-state index in [4.69, 9.17) is 10.5 Å². The van der Waals surface area contributed by atoms with Crippen LogP contribution in [0.15, 0.2) is 47.1 Å². The van der Waals surface area contributed by atoms with E-state index in [0.717, 1.165) is 38.2 Å². The van der Waals surface area contributed by atoms with Gasteiger partial charge in [0.2, 0.25) is 0 Å². The Hall–Kier alpha value is -1.26. The molecule has 0 spiro atoms. The number of aliphatic imine (C=N–C) groups is 1. The van der Waals surface area contributed by atoms with Crippen molar-refractivity contribution in [1.82, 2.24) is 0 Å². The molecule has 102 valence electrons. The first-order chi connectivity index (χ1) is 9.34. The molecule has 0 amide bonds. The first kappa shape index (κ1) is 14.2. The maximum absolute atomic E-state index is 5.66. The van der Waals surface area contributed by atoms with Crippen molar-refractivity contribution in [3.05, 3.63) is 47.7 Å². The standard InChI is InChI=1S/C15H20N2OS/c16-15-17-11-14(12-19-15)8-10-18-9-4-7-13-5-2-1-3-6-13/h1-3,5-6,11H,4,7-10,12H2,(H2,16,17). The predicted octanol–water partition coefficient (Wildman–Crippen LogP) is 2.97. The van der Waals surface area contributed by atoms with Gasteiger partial charge in [-0.05, 0) is 30.4 Å². The third-order valence-electron chi connectivity index (χ3n) is 2.94. The van der Waals surface area contributed by atoms with E-state index in [-0.39, 0.29) is 0 Å². The van der Waals surface area contributed by atoms with Gasteiger partial charge in [-0.1, -0.05) is 42.1 Å². The van der Waals surface area contributed by atoms with Gasteiger partial charge in [0.15, 0.2) is 5.17 Å². The topological polar surface area (TPSA) is 47.6 Å². The molecule has 3 nitrogen and oxygen atoms in total. The van der Waals surface area contributed by atoms with Gasteiger partial charge in [-0.15, -0.1) is 0 Å². The van der Waals surface area contributed by atoms with Crippen LogP contribution in [0.1, 0.15) is 18.4 Å². The highest BCUT2D eigenvalue weighted by Gasteiger charge is 2.05. The molecule has 0 radical (unpaired) electrons. The van der Waals surface area contributed by atoms with E-state index in [2.05, 4.69) is 29.3 Å². The molecule has 2 N–H and O–H groups in total. The quantitative estimate of drug-likeness (QED) is 0.779. The van der Waals surface area contributed by atoms with Crippen molar-refractivity contribution in [2.75, 3.05) is 19.0 Å². The molecule has 0 atom stereocenters. The number of hydrogen-bond acceptors (Lipinski definition) is 4. The van der Waals surface area contributed by atoms with Crippen molar-refractivity contribution in [1.29, 1.82) is 0 Å². The van der Waals surface area contributed by atoms with E-state index in [9.17, 15) is 0 Å². The molecule has 1 aromatic rings. The zero-order chi connectivity index (χ0) is 13.3. The second kappa shape index (κ2) is 8.02. The van der Waals surface area contributed by atoms with Crippen LogP contribution in [0.25, 0.3) is 0 Å². The summed E-state index contributed by atoms with van der Waals surface area (Å²) in [6.45, 7) is 1.59. The summed E-state index contributed by atoms with van der Waals surface area (Å²) in [5, 5.41) is 0.660. The van der Waals surface area contributed by atoms with E-state index < -0.39 is 0 Å². The first-order valence-electron chi connectivity index (χ1n) is 6.60. The lowest BCUT2D eigenvalue weighted by atomic mass is 10.1. The lowest BCUT2D eigenvalue weighted by Gasteiger charge is -2.10. The molecule has 1 aliphatic rings. The van der Waals surface area contributed by atoms with Crippen molar-refractivity contribution >= 4 is 16.9 Å². The molecule has 1 heterocycles. The van der Waals surface area contributed by atoms with Gasteiger partial charge in [-0.3, -0.25) is 0 Å². The molecule has 0 aliphatic carbocycles. The normalized spacial score (nSPS) is 14.9. The summed E-state index contributed by atoms with van der Waals surface area (Å²) >= 11 is 1.60. The number of rotatable bonds is 7. The summed E-state index contributed by atoms with van der Waals surface area (Å²) in [5.74, 6) is 0.947. The van der Waals surface area contributed by atoms with Crippen LogP contribution in [-0.2, 0) is 11.2 Å². The smallest absolute Gasteiger partial charge is 0.158 e. The van der Waals surface area contributed by atoms with E-state index >= 15 is 0 Å². The highest BCUT2D eigenvalue weighted by atomic mass is 32.2. The highest BCUT2D eigenvalue weighted by Crippen LogP contribution is 2.16. The van der Waals surface area contributed by atoms with Gasteiger partial charge < -0.3 is 10.5 Å². The highest BCUT2D eigenvalue weighted by molar-refractivity contribution is 8.14. The predicted molar refractivity (Wildman–Crippen MR) is 82.4 cm³/mol. The molecule has 2 rings (SSSR count). The molecule has 0 saturated carbocycles. The van der Waals surface area contributed by atoms with Gasteiger partial charge in [0.1, 0.15) is 0 Å². The second-order valence-electron chi connectivity index (χ2n) is 4.49. The Bertz CT molecular complexity index is 443. The monoisotopic (exact) mass is 276 g/mol. The summed E-state index contributed by atoms with van der Waals surface area (Å²) in [7, 11) is 0. The van der Waals surface area contributed by atoms with Crippen LogP contribution in [-0.4, -0.2) is 24.1 Å². The van der Waals surface area contributed by atoms with Gasteiger partial charge in [0.25, 0.3) is 0 Å². The summed E-state index contributed by atoms with van der Waals surface area (Å²) in [4.78, 5) is 4.11. The second-order valence-corrected chi connectivity index (χ2v) is 5.49. The van der Waals surface area contributed by atoms with Crippen LogP contribution in [0.5, 0.6) is 0 Å². The van der Waals surface area contributed by atoms with Gasteiger partial charge >= 0.3 is 0 Å². The molecule has 0 bridgehead atoms. The number of amidine groups is 1. The Balaban J connectivity index is 1.53. The number of benzene rings is 1. The van der Waals surface area contributed by atoms with Crippen LogP contribution >= 0.6 is 11.8 Å². The van der Waals surface area contributed by atoms with E-state index in [1.54, 1.807) is 11.8 Å². The Morgan fingerprint density at radius 2 is 2.00 bits per heavy atom. The Kier molecular flexibility index (Phi) is 5.98. The number of aryl methyl sites for hydroxylation is 1. The minimum atomic E-state index is 0.660. The number of nitrogens with two attached hydrogens (primary N) is 1. The zero-order valence-electron chi connectivity index (χ0n) is 11.0. The average molecular weight is 276 g/mol. The zero-order valence-corrected chi connectivity index (χ0v) is 11.9. The Morgan fingerprint density at radius 3 is 2.74 bits per heavy atom. The number of thioether (sulfide) groups is 1. The molecule has 4 heteroatoms. The largest absolute Gasteiger partial charge is 0.381 e. The average Bonchev–Trinajstić information content (AvgIpc) is 2.46. The lowest BCUT2D eigenvalue weighted by molar-refractivity contribution is 0.135. The van der Waals surface area contributed by atoms with Gasteiger partial charge in [-0.25, -0.2) is 4.99 Å². The molecular formula is C15H20N2OS. The third-order valence-corrected chi connectivity index (χ3v) is 3.86. The third kappa shape index (κ3) is 5.49. The number of nitrogens with zero attached hydrogens (tertiary/aromatic N) is 1. The molecule has 0 aromatic heterocycles. The maximum Gasteiger partial charge on any atom is 0.158 e. The van der Waals surface area contributed by atoms with E-state index in [0.29, 0.717) is 5.17 Å². The number of hydrogen-bond donors (Lipinski definition) is 1. The molecular weight excluding hydrogens is 256 g/mol. The van der Waals surface area contributed by atoms with Crippen molar-refractivity contribution in [3.63, 3.8) is 0 Å². The Labute approximate surface area is 118 Å². The van der Waals surface area contributed by atoms with Crippen LogP contribution < -0.4 is 5.73 Å². The fourth-order valence-corrected chi connectivity index (χ4v) is 2.54. The summed E-state index contributed by atoms with van der Waals surface area (Å²) in [6.07, 6.45) is 4.98. The fourth-order valence-electron chi connectivity index (χ4n) is 1.86. The van der Waals surface area contributed by atoms with Crippen molar-refractivity contribution in [2.24, 2.45) is 10.7 Å². The van der Waals surface area contributed by atoms with Crippen molar-refractivity contribution in [3.8, 4) is 0 Å². The molecule has 1 aliphatic heterocycles. The molecule has 0 saturated heterocycles. The molecule has 0 unspecified atom stereocenters. The molecule has 19 heavy (non-hydrogen) atoms. The van der Waals surface area contributed by atoms with Crippen molar-refractivity contribution in [2.45, 2.75) is 19.3 Å². The fraction of sp³-hybridized carbons (Fsp3) is 0.400. The van der Waals surface area contributed by atoms with Crippen LogP contribution in [0.4, 0.5) is 0 Å². The summed E-state index contributed by atoms with van der Waals surface area (Å²) in [6, 6.07) is 10.5. The molecule has 0 fully saturated rings.